The van der Waals surface area contributed by atoms with Crippen LogP contribution in [0.15, 0.2) is 29.6 Å². The maximum atomic E-state index is 12.7. The number of nitrogens with zero attached hydrogens (tertiary/aromatic N) is 3. The minimum Gasteiger partial charge on any atom is -0.466 e. The highest BCUT2D eigenvalue weighted by Gasteiger charge is 2.17. The highest BCUT2D eigenvalue weighted by atomic mass is 32.2. The molecule has 2 aromatic heterocycles. The zero-order valence-corrected chi connectivity index (χ0v) is 16.4. The molecule has 0 aliphatic rings. The van der Waals surface area contributed by atoms with Crippen LogP contribution in [0.4, 0.5) is 0 Å². The molecule has 0 saturated carbocycles. The van der Waals surface area contributed by atoms with E-state index in [1.165, 1.54) is 17.3 Å². The molecule has 0 saturated heterocycles. The minimum atomic E-state index is -0.342. The third kappa shape index (κ3) is 4.05. The molecule has 1 aromatic carbocycles. The lowest BCUT2D eigenvalue weighted by molar-refractivity contribution is -0.142. The number of nitrogens with one attached hydrogen (secondary N) is 1. The molecular weight excluding hydrogens is 364 g/mol. The van der Waals surface area contributed by atoms with Crippen molar-refractivity contribution in [2.24, 2.45) is 7.05 Å². The van der Waals surface area contributed by atoms with Gasteiger partial charge in [0, 0.05) is 29.7 Å². The first-order valence-corrected chi connectivity index (χ1v) is 9.82. The molecule has 0 aliphatic carbocycles. The first kappa shape index (κ1) is 19.2. The highest BCUT2D eigenvalue weighted by molar-refractivity contribution is 7.99. The Labute approximate surface area is 161 Å². The van der Waals surface area contributed by atoms with Gasteiger partial charge in [0.05, 0.1) is 12.4 Å². The van der Waals surface area contributed by atoms with E-state index in [-0.39, 0.29) is 23.9 Å². The third-order valence-electron chi connectivity index (χ3n) is 4.35. The first-order valence-electron chi connectivity index (χ1n) is 8.84. The summed E-state index contributed by atoms with van der Waals surface area (Å²) in [6, 6.07) is 6.00. The van der Waals surface area contributed by atoms with Crippen molar-refractivity contribution in [3.63, 3.8) is 0 Å². The Morgan fingerprint density at radius 2 is 2.07 bits per heavy atom. The number of carbonyl (C=O) groups is 2. The van der Waals surface area contributed by atoms with Gasteiger partial charge in [-0.05, 0) is 18.9 Å². The predicted octanol–water partition coefficient (Wildman–Crippen LogP) is 2.94. The number of hydrogen-bond donors (Lipinski definition) is 1. The molecule has 8 heteroatoms. The molecule has 0 spiro atoms. The lowest BCUT2D eigenvalue weighted by atomic mass is 10.1. The fourth-order valence-electron chi connectivity index (χ4n) is 2.92. The van der Waals surface area contributed by atoms with Crippen molar-refractivity contribution in [2.45, 2.75) is 31.8 Å². The minimum absolute atomic E-state index is 0.0226. The first-order chi connectivity index (χ1) is 13.0. The second-order valence-corrected chi connectivity index (χ2v) is 6.99. The van der Waals surface area contributed by atoms with Gasteiger partial charge in [0.25, 0.3) is 0 Å². The monoisotopic (exact) mass is 386 g/mol. The smallest absolute Gasteiger partial charge is 0.313 e. The number of esters is 1. The number of aromatic amines is 1. The summed E-state index contributed by atoms with van der Waals surface area (Å²) in [7, 11) is 1.78. The Morgan fingerprint density at radius 3 is 2.81 bits per heavy atom. The molecule has 0 bridgehead atoms. The van der Waals surface area contributed by atoms with Crippen LogP contribution < -0.4 is 0 Å². The van der Waals surface area contributed by atoms with Crippen LogP contribution in [-0.4, -0.2) is 43.9 Å². The molecule has 27 heavy (non-hydrogen) atoms. The second-order valence-electron chi connectivity index (χ2n) is 6.05. The van der Waals surface area contributed by atoms with Gasteiger partial charge in [-0.1, -0.05) is 36.9 Å². The number of ketones is 1. The Bertz CT molecular complexity index is 977. The van der Waals surface area contributed by atoms with Gasteiger partial charge < -0.3 is 14.3 Å². The van der Waals surface area contributed by atoms with Crippen LogP contribution in [0.2, 0.25) is 0 Å². The number of ether oxygens (including phenoxy) is 1. The summed E-state index contributed by atoms with van der Waals surface area (Å²) in [5.74, 6) is 0.443. The number of fused-ring (bicyclic) bond motifs is 1. The van der Waals surface area contributed by atoms with Gasteiger partial charge in [-0.25, -0.2) is 0 Å². The quantitative estimate of drug-likeness (QED) is 0.364. The van der Waals surface area contributed by atoms with Crippen molar-refractivity contribution < 1.29 is 14.3 Å². The van der Waals surface area contributed by atoms with Crippen LogP contribution in [0.5, 0.6) is 0 Å². The van der Waals surface area contributed by atoms with Crippen LogP contribution in [0.1, 0.15) is 35.6 Å². The Kier molecular flexibility index (Phi) is 5.95. The number of hydrogen-bond acceptors (Lipinski definition) is 6. The highest BCUT2D eigenvalue weighted by Crippen LogP contribution is 2.25. The summed E-state index contributed by atoms with van der Waals surface area (Å²) in [5, 5.41) is 9.64. The number of para-hydroxylation sites is 1. The zero-order chi connectivity index (χ0) is 19.4. The number of aromatic nitrogens is 4. The number of aryl methyl sites for hydroxylation is 1. The van der Waals surface area contributed by atoms with Crippen LogP contribution >= 0.6 is 11.8 Å². The lowest BCUT2D eigenvalue weighted by Crippen LogP contribution is -2.11. The third-order valence-corrected chi connectivity index (χ3v) is 5.37. The molecule has 0 amide bonds. The standard InChI is InChI=1S/C19H22N4O3S/c1-4-12-7-6-8-13-14(10-20-18(12)13)15(24)11-27-19-22-21-16(23(19)3)9-17(25)26-5-2/h6-8,10,20H,4-5,9,11H2,1-3H3. The van der Waals surface area contributed by atoms with E-state index in [1.807, 2.05) is 12.1 Å². The van der Waals surface area contributed by atoms with Gasteiger partial charge in [-0.3, -0.25) is 9.59 Å². The topological polar surface area (TPSA) is 89.9 Å². The van der Waals surface area contributed by atoms with Gasteiger partial charge in [-0.2, -0.15) is 0 Å². The lowest BCUT2D eigenvalue weighted by Gasteiger charge is -2.04. The number of benzene rings is 1. The average molecular weight is 386 g/mol. The van der Waals surface area contributed by atoms with Gasteiger partial charge in [0.15, 0.2) is 10.9 Å². The summed E-state index contributed by atoms with van der Waals surface area (Å²) < 4.78 is 6.65. The normalized spacial score (nSPS) is 11.1. The molecule has 3 aromatic rings. The number of carbonyl (C=O) groups excluding carboxylic acids is 2. The van der Waals surface area contributed by atoms with Gasteiger partial charge in [0.2, 0.25) is 0 Å². The number of Topliss-reactive ketones (excluding diaryl/α,β-unsaturated/α-hetero) is 1. The molecule has 7 nitrogen and oxygen atoms in total. The van der Waals surface area contributed by atoms with E-state index in [1.54, 1.807) is 24.7 Å². The summed E-state index contributed by atoms with van der Waals surface area (Å²) in [4.78, 5) is 27.5. The molecule has 0 aliphatic heterocycles. The van der Waals surface area contributed by atoms with Crippen LogP contribution in [0.25, 0.3) is 10.9 Å². The van der Waals surface area contributed by atoms with Gasteiger partial charge >= 0.3 is 5.97 Å². The van der Waals surface area contributed by atoms with Crippen molar-refractivity contribution in [3.05, 3.63) is 41.3 Å². The van der Waals surface area contributed by atoms with E-state index in [4.69, 9.17) is 4.74 Å². The Hall–Kier alpha value is -2.61. The van der Waals surface area contributed by atoms with Crippen molar-refractivity contribution in [2.75, 3.05) is 12.4 Å². The van der Waals surface area contributed by atoms with Crippen molar-refractivity contribution in [3.8, 4) is 0 Å². The molecule has 0 radical (unpaired) electrons. The maximum Gasteiger partial charge on any atom is 0.313 e. The predicted molar refractivity (Wildman–Crippen MR) is 104 cm³/mol. The SMILES string of the molecule is CCOC(=O)Cc1nnc(SCC(=O)c2c[nH]c3c(CC)cccc23)n1C. The van der Waals surface area contributed by atoms with Gasteiger partial charge in [0.1, 0.15) is 12.2 Å². The largest absolute Gasteiger partial charge is 0.466 e. The number of rotatable bonds is 8. The average Bonchev–Trinajstić information content (AvgIpc) is 3.24. The van der Waals surface area contributed by atoms with E-state index < -0.39 is 0 Å². The van der Waals surface area contributed by atoms with E-state index in [2.05, 4.69) is 28.2 Å². The fraction of sp³-hybridized carbons (Fsp3) is 0.368. The van der Waals surface area contributed by atoms with Gasteiger partial charge in [-0.15, -0.1) is 10.2 Å². The summed E-state index contributed by atoms with van der Waals surface area (Å²) >= 11 is 1.31. The van der Waals surface area contributed by atoms with Crippen molar-refractivity contribution >= 4 is 34.4 Å². The Balaban J connectivity index is 1.70. The van der Waals surface area contributed by atoms with Crippen molar-refractivity contribution in [1.82, 2.24) is 19.7 Å². The van der Waals surface area contributed by atoms with E-state index >= 15 is 0 Å². The number of thioether (sulfide) groups is 1. The second kappa shape index (κ2) is 8.39. The van der Waals surface area contributed by atoms with Crippen LogP contribution in [-0.2, 0) is 29.4 Å². The molecule has 142 valence electrons. The number of H-pyrrole nitrogens is 1. The molecule has 3 rings (SSSR count). The van der Waals surface area contributed by atoms with Crippen molar-refractivity contribution in [1.29, 1.82) is 0 Å². The Morgan fingerprint density at radius 1 is 1.26 bits per heavy atom. The van der Waals surface area contributed by atoms with Crippen LogP contribution in [0.3, 0.4) is 0 Å². The molecule has 0 atom stereocenters. The summed E-state index contributed by atoms with van der Waals surface area (Å²) in [5.41, 5.74) is 2.89. The summed E-state index contributed by atoms with van der Waals surface area (Å²) in [6.45, 7) is 4.18. The molecule has 2 heterocycles. The molecule has 0 fully saturated rings. The van der Waals surface area contributed by atoms with Crippen LogP contribution in [0, 0.1) is 0 Å². The van der Waals surface area contributed by atoms with E-state index in [0.29, 0.717) is 23.2 Å². The fourth-order valence-corrected chi connectivity index (χ4v) is 3.73. The maximum absolute atomic E-state index is 12.7. The molecule has 0 unspecified atom stereocenters. The summed E-state index contributed by atoms with van der Waals surface area (Å²) in [6.07, 6.45) is 2.74. The zero-order valence-electron chi connectivity index (χ0n) is 15.6. The molecule has 1 N–H and O–H groups in total. The van der Waals surface area contributed by atoms with E-state index in [9.17, 15) is 9.59 Å². The van der Waals surface area contributed by atoms with E-state index in [0.717, 1.165) is 17.3 Å². The molecular formula is C19H22N4O3S.